The molecule has 0 radical (unpaired) electrons. The van der Waals surface area contributed by atoms with Crippen molar-refractivity contribution in [3.05, 3.63) is 114 Å². The van der Waals surface area contributed by atoms with Crippen LogP contribution in [0, 0.1) is 0 Å². The first kappa shape index (κ1) is 20.5. The number of ketones is 1. The maximum Gasteiger partial charge on any atom is 0.345 e. The lowest BCUT2D eigenvalue weighted by molar-refractivity contribution is -0.149. The van der Waals surface area contributed by atoms with Crippen molar-refractivity contribution in [3.8, 4) is 5.75 Å². The summed E-state index contributed by atoms with van der Waals surface area (Å²) >= 11 is 0. The SMILES string of the molecule is O=C(COc1ccc2ccccc2c1)OC(C(=O)c1c[nH]c2ccccc12)c1ccccc1. The van der Waals surface area contributed by atoms with Crippen LogP contribution in [0.4, 0.5) is 0 Å². The normalized spacial score (nSPS) is 11.9. The molecule has 0 aliphatic heterocycles. The van der Waals surface area contributed by atoms with E-state index in [-0.39, 0.29) is 12.4 Å². The Kier molecular flexibility index (Phi) is 5.60. The fourth-order valence-corrected chi connectivity index (χ4v) is 3.88. The van der Waals surface area contributed by atoms with Gasteiger partial charge in [0.05, 0.1) is 0 Å². The highest BCUT2D eigenvalue weighted by atomic mass is 16.6. The minimum absolute atomic E-state index is 0.294. The van der Waals surface area contributed by atoms with E-state index in [1.165, 1.54) is 0 Å². The average molecular weight is 435 g/mol. The van der Waals surface area contributed by atoms with Gasteiger partial charge in [-0.2, -0.15) is 0 Å². The summed E-state index contributed by atoms with van der Waals surface area (Å²) in [6.45, 7) is -0.303. The molecule has 0 fully saturated rings. The van der Waals surface area contributed by atoms with E-state index in [0.717, 1.165) is 21.7 Å². The highest BCUT2D eigenvalue weighted by Crippen LogP contribution is 2.27. The van der Waals surface area contributed by atoms with E-state index in [0.29, 0.717) is 16.9 Å². The lowest BCUT2D eigenvalue weighted by atomic mass is 9.99. The first-order valence-corrected chi connectivity index (χ1v) is 10.7. The molecule has 0 saturated heterocycles. The summed E-state index contributed by atoms with van der Waals surface area (Å²) in [5.74, 6) is -0.354. The molecule has 5 heteroatoms. The van der Waals surface area contributed by atoms with Crippen LogP contribution in [0.1, 0.15) is 22.0 Å². The van der Waals surface area contributed by atoms with Gasteiger partial charge in [-0.1, -0.05) is 78.9 Å². The van der Waals surface area contributed by atoms with Crippen molar-refractivity contribution in [2.45, 2.75) is 6.10 Å². The van der Waals surface area contributed by atoms with Crippen LogP contribution in [-0.4, -0.2) is 23.3 Å². The van der Waals surface area contributed by atoms with E-state index < -0.39 is 12.1 Å². The van der Waals surface area contributed by atoms with Crippen molar-refractivity contribution >= 4 is 33.4 Å². The number of carbonyl (C=O) groups excluding carboxylic acids is 2. The number of nitrogens with one attached hydrogen (secondary N) is 1. The third-order valence-electron chi connectivity index (χ3n) is 5.52. The van der Waals surface area contributed by atoms with Crippen LogP contribution in [0.25, 0.3) is 21.7 Å². The topological polar surface area (TPSA) is 68.4 Å². The molecule has 1 atom stereocenters. The van der Waals surface area contributed by atoms with Gasteiger partial charge >= 0.3 is 5.97 Å². The fraction of sp³-hybridized carbons (Fsp3) is 0.0714. The number of fused-ring (bicyclic) bond motifs is 2. The second kappa shape index (κ2) is 9.01. The Labute approximate surface area is 190 Å². The molecule has 162 valence electrons. The molecule has 0 aliphatic rings. The number of hydrogen-bond acceptors (Lipinski definition) is 4. The second-order valence-electron chi connectivity index (χ2n) is 7.69. The summed E-state index contributed by atoms with van der Waals surface area (Å²) in [5.41, 5.74) is 1.92. The molecule has 1 N–H and O–H groups in total. The highest BCUT2D eigenvalue weighted by molar-refractivity contribution is 6.10. The van der Waals surface area contributed by atoms with Crippen LogP contribution < -0.4 is 4.74 Å². The van der Waals surface area contributed by atoms with Crippen LogP contribution in [0.5, 0.6) is 5.75 Å². The molecule has 0 bridgehead atoms. The van der Waals surface area contributed by atoms with Crippen molar-refractivity contribution in [1.29, 1.82) is 0 Å². The van der Waals surface area contributed by atoms with Gasteiger partial charge in [-0.05, 0) is 29.0 Å². The van der Waals surface area contributed by atoms with Gasteiger partial charge in [-0.15, -0.1) is 0 Å². The van der Waals surface area contributed by atoms with Gasteiger partial charge in [0.25, 0.3) is 0 Å². The Hall–Kier alpha value is -4.38. The number of aromatic nitrogens is 1. The zero-order chi connectivity index (χ0) is 22.6. The number of para-hydroxylation sites is 1. The summed E-state index contributed by atoms with van der Waals surface area (Å²) in [7, 11) is 0. The summed E-state index contributed by atoms with van der Waals surface area (Å²) in [6, 6.07) is 30.0. The predicted octanol–water partition coefficient (Wildman–Crippen LogP) is 5.87. The third-order valence-corrected chi connectivity index (χ3v) is 5.52. The number of Topliss-reactive ketones (excluding diaryl/α,β-unsaturated/α-hetero) is 1. The largest absolute Gasteiger partial charge is 0.482 e. The van der Waals surface area contributed by atoms with E-state index in [1.807, 2.05) is 78.9 Å². The molecule has 0 amide bonds. The number of hydrogen-bond donors (Lipinski definition) is 1. The Morgan fingerprint density at radius 3 is 2.36 bits per heavy atom. The Morgan fingerprint density at radius 2 is 1.52 bits per heavy atom. The van der Waals surface area contributed by atoms with E-state index in [2.05, 4.69) is 4.98 Å². The first-order valence-electron chi connectivity index (χ1n) is 10.7. The van der Waals surface area contributed by atoms with Crippen LogP contribution >= 0.6 is 0 Å². The number of aromatic amines is 1. The monoisotopic (exact) mass is 435 g/mol. The summed E-state index contributed by atoms with van der Waals surface area (Å²) in [4.78, 5) is 29.2. The standard InChI is InChI=1S/C28H21NO4/c30-26(18-32-22-15-14-19-8-4-5-11-21(19)16-22)33-28(20-9-2-1-3-10-20)27(31)24-17-29-25-13-7-6-12-23(24)25/h1-17,28-29H,18H2. The van der Waals surface area contributed by atoms with Gasteiger partial charge in [0.15, 0.2) is 12.7 Å². The molecule has 5 nitrogen and oxygen atoms in total. The molecule has 0 saturated carbocycles. The number of carbonyl (C=O) groups is 2. The van der Waals surface area contributed by atoms with Crippen molar-refractivity contribution in [3.63, 3.8) is 0 Å². The third kappa shape index (κ3) is 4.34. The summed E-state index contributed by atoms with van der Waals surface area (Å²) < 4.78 is 11.3. The van der Waals surface area contributed by atoms with Crippen molar-refractivity contribution in [2.24, 2.45) is 0 Å². The van der Waals surface area contributed by atoms with E-state index in [1.54, 1.807) is 24.4 Å². The molecular weight excluding hydrogens is 414 g/mol. The molecule has 0 aliphatic carbocycles. The van der Waals surface area contributed by atoms with Gasteiger partial charge in [0.1, 0.15) is 5.75 Å². The van der Waals surface area contributed by atoms with Gasteiger partial charge in [-0.3, -0.25) is 4.79 Å². The van der Waals surface area contributed by atoms with Crippen LogP contribution in [0.2, 0.25) is 0 Å². The van der Waals surface area contributed by atoms with E-state index in [9.17, 15) is 9.59 Å². The van der Waals surface area contributed by atoms with Gasteiger partial charge in [0.2, 0.25) is 5.78 Å². The van der Waals surface area contributed by atoms with Gasteiger partial charge in [0, 0.05) is 28.2 Å². The smallest absolute Gasteiger partial charge is 0.345 e. The number of H-pyrrole nitrogens is 1. The van der Waals surface area contributed by atoms with Crippen molar-refractivity contribution < 1.29 is 19.1 Å². The zero-order valence-corrected chi connectivity index (χ0v) is 17.7. The quantitative estimate of drug-likeness (QED) is 0.257. The number of rotatable bonds is 7. The minimum atomic E-state index is -1.07. The van der Waals surface area contributed by atoms with Gasteiger partial charge in [-0.25, -0.2) is 4.79 Å². The maximum atomic E-state index is 13.4. The van der Waals surface area contributed by atoms with Crippen LogP contribution in [-0.2, 0) is 9.53 Å². The second-order valence-corrected chi connectivity index (χ2v) is 7.69. The van der Waals surface area contributed by atoms with E-state index in [4.69, 9.17) is 9.47 Å². The molecular formula is C28H21NO4. The van der Waals surface area contributed by atoms with E-state index >= 15 is 0 Å². The number of ether oxygens (including phenoxy) is 2. The molecule has 5 rings (SSSR count). The summed E-state index contributed by atoms with van der Waals surface area (Å²) in [6.07, 6.45) is 0.584. The highest BCUT2D eigenvalue weighted by Gasteiger charge is 2.28. The molecule has 33 heavy (non-hydrogen) atoms. The summed E-state index contributed by atoms with van der Waals surface area (Å²) in [5, 5.41) is 2.88. The first-order chi connectivity index (χ1) is 16.2. The molecule has 1 heterocycles. The average Bonchev–Trinajstić information content (AvgIpc) is 3.30. The molecule has 4 aromatic carbocycles. The fourth-order valence-electron chi connectivity index (χ4n) is 3.88. The lowest BCUT2D eigenvalue weighted by Gasteiger charge is -2.17. The lowest BCUT2D eigenvalue weighted by Crippen LogP contribution is -2.23. The molecule has 1 unspecified atom stereocenters. The number of esters is 1. The predicted molar refractivity (Wildman–Crippen MR) is 127 cm³/mol. The van der Waals surface area contributed by atoms with Crippen LogP contribution in [0.15, 0.2) is 103 Å². The Balaban J connectivity index is 1.35. The Morgan fingerprint density at radius 1 is 0.788 bits per heavy atom. The van der Waals surface area contributed by atoms with Crippen molar-refractivity contribution in [1.82, 2.24) is 4.98 Å². The maximum absolute atomic E-state index is 13.4. The minimum Gasteiger partial charge on any atom is -0.482 e. The molecule has 0 spiro atoms. The van der Waals surface area contributed by atoms with Crippen molar-refractivity contribution in [2.75, 3.05) is 6.61 Å². The zero-order valence-electron chi connectivity index (χ0n) is 17.7. The molecule has 5 aromatic rings. The Bertz CT molecular complexity index is 1440. The number of benzene rings is 4. The van der Waals surface area contributed by atoms with Crippen LogP contribution in [0.3, 0.4) is 0 Å². The molecule has 1 aromatic heterocycles. The van der Waals surface area contributed by atoms with Gasteiger partial charge < -0.3 is 14.5 Å².